The van der Waals surface area contributed by atoms with Crippen molar-refractivity contribution in [3.8, 4) is 0 Å². The topological polar surface area (TPSA) is 102 Å². The molecule has 8 nitrogen and oxygen atoms in total. The Bertz CT molecular complexity index is 1190. The SMILES string of the molecule is OC[C@H]1CC=CC[C@H]1Nc1cnc2nnn(Cc3ccc4ncccc4c3)c2n1. The lowest BCUT2D eigenvalue weighted by Crippen LogP contribution is -2.33. The molecule has 0 saturated carbocycles. The Labute approximate surface area is 167 Å². The number of nitrogens with one attached hydrogen (secondary N) is 1. The van der Waals surface area contributed by atoms with Gasteiger partial charge in [-0.3, -0.25) is 4.98 Å². The fraction of sp³-hybridized carbons (Fsp3) is 0.286. The zero-order valence-electron chi connectivity index (χ0n) is 15.8. The molecule has 0 saturated heterocycles. The van der Waals surface area contributed by atoms with Crippen LogP contribution in [0, 0.1) is 5.92 Å². The lowest BCUT2D eigenvalue weighted by atomic mass is 9.90. The van der Waals surface area contributed by atoms with Gasteiger partial charge in [0, 0.05) is 30.1 Å². The molecule has 0 unspecified atom stereocenters. The summed E-state index contributed by atoms with van der Waals surface area (Å²) in [6.07, 6.45) is 9.44. The lowest BCUT2D eigenvalue weighted by Gasteiger charge is -2.28. The molecule has 3 heterocycles. The van der Waals surface area contributed by atoms with Crippen molar-refractivity contribution >= 4 is 28.0 Å². The Hall–Kier alpha value is -3.39. The first-order chi connectivity index (χ1) is 14.3. The zero-order valence-corrected chi connectivity index (χ0v) is 15.8. The minimum atomic E-state index is 0.133. The molecule has 0 fully saturated rings. The molecule has 8 heteroatoms. The number of allylic oxidation sites excluding steroid dienone is 1. The molecule has 3 aromatic heterocycles. The number of aromatic nitrogens is 6. The number of aliphatic hydroxyl groups excluding tert-OH is 1. The van der Waals surface area contributed by atoms with Gasteiger partial charge in [-0.05, 0) is 36.6 Å². The molecule has 1 aliphatic carbocycles. The molecular weight excluding hydrogens is 366 g/mol. The molecule has 0 aliphatic heterocycles. The van der Waals surface area contributed by atoms with Crippen molar-refractivity contribution in [3.05, 3.63) is 60.4 Å². The quantitative estimate of drug-likeness (QED) is 0.508. The predicted molar refractivity (Wildman–Crippen MR) is 110 cm³/mol. The van der Waals surface area contributed by atoms with Crippen molar-refractivity contribution in [1.82, 2.24) is 29.9 Å². The van der Waals surface area contributed by atoms with Gasteiger partial charge in [0.15, 0.2) is 5.65 Å². The van der Waals surface area contributed by atoms with Crippen LogP contribution in [0.5, 0.6) is 0 Å². The number of benzene rings is 1. The predicted octanol–water partition coefficient (Wildman–Crippen LogP) is 2.56. The van der Waals surface area contributed by atoms with Crippen molar-refractivity contribution in [3.63, 3.8) is 0 Å². The number of anilines is 1. The monoisotopic (exact) mass is 387 g/mol. The summed E-state index contributed by atoms with van der Waals surface area (Å²) < 4.78 is 1.76. The molecule has 4 aromatic rings. The van der Waals surface area contributed by atoms with Crippen molar-refractivity contribution in [1.29, 1.82) is 0 Å². The van der Waals surface area contributed by atoms with Gasteiger partial charge in [-0.15, -0.1) is 5.10 Å². The van der Waals surface area contributed by atoms with E-state index < -0.39 is 0 Å². The molecule has 146 valence electrons. The van der Waals surface area contributed by atoms with E-state index in [-0.39, 0.29) is 18.6 Å². The number of rotatable bonds is 5. The van der Waals surface area contributed by atoms with Crippen LogP contribution in [-0.2, 0) is 6.54 Å². The molecule has 0 bridgehead atoms. The van der Waals surface area contributed by atoms with Gasteiger partial charge in [0.1, 0.15) is 5.82 Å². The Balaban J connectivity index is 1.42. The first kappa shape index (κ1) is 17.7. The van der Waals surface area contributed by atoms with Crippen molar-refractivity contribution in [2.75, 3.05) is 11.9 Å². The summed E-state index contributed by atoms with van der Waals surface area (Å²) in [5.41, 5.74) is 3.20. The highest BCUT2D eigenvalue weighted by atomic mass is 16.3. The Kier molecular flexibility index (Phi) is 4.61. The fourth-order valence-corrected chi connectivity index (χ4v) is 3.77. The highest BCUT2D eigenvalue weighted by Crippen LogP contribution is 2.22. The molecule has 5 rings (SSSR count). The van der Waals surface area contributed by atoms with Crippen LogP contribution in [0.15, 0.2) is 54.9 Å². The summed E-state index contributed by atoms with van der Waals surface area (Å²) in [7, 11) is 0. The van der Waals surface area contributed by atoms with E-state index in [9.17, 15) is 5.11 Å². The average molecular weight is 387 g/mol. The second-order valence-electron chi connectivity index (χ2n) is 7.32. The van der Waals surface area contributed by atoms with Crippen LogP contribution < -0.4 is 5.32 Å². The van der Waals surface area contributed by atoms with E-state index in [2.05, 4.69) is 43.8 Å². The lowest BCUT2D eigenvalue weighted by molar-refractivity contribution is 0.207. The van der Waals surface area contributed by atoms with E-state index in [0.29, 0.717) is 23.7 Å². The van der Waals surface area contributed by atoms with Crippen LogP contribution in [0.1, 0.15) is 18.4 Å². The fourth-order valence-electron chi connectivity index (χ4n) is 3.77. The second kappa shape index (κ2) is 7.56. The normalized spacial score (nSPS) is 19.1. The second-order valence-corrected chi connectivity index (χ2v) is 7.32. The third-order valence-electron chi connectivity index (χ3n) is 5.36. The molecule has 2 N–H and O–H groups in total. The third kappa shape index (κ3) is 3.54. The van der Waals surface area contributed by atoms with Gasteiger partial charge < -0.3 is 10.4 Å². The van der Waals surface area contributed by atoms with E-state index in [1.54, 1.807) is 17.1 Å². The van der Waals surface area contributed by atoms with Gasteiger partial charge in [-0.2, -0.15) is 0 Å². The van der Waals surface area contributed by atoms with Crippen molar-refractivity contribution in [2.24, 2.45) is 5.92 Å². The maximum Gasteiger partial charge on any atom is 0.221 e. The first-order valence-electron chi connectivity index (χ1n) is 9.72. The summed E-state index contributed by atoms with van der Waals surface area (Å²) >= 11 is 0. The number of pyridine rings is 1. The number of hydrogen-bond donors (Lipinski definition) is 2. The van der Waals surface area contributed by atoms with Crippen LogP contribution in [-0.4, -0.2) is 47.7 Å². The van der Waals surface area contributed by atoms with E-state index in [0.717, 1.165) is 29.3 Å². The van der Waals surface area contributed by atoms with E-state index in [1.807, 2.05) is 24.3 Å². The molecule has 0 amide bonds. The smallest absolute Gasteiger partial charge is 0.221 e. The maximum absolute atomic E-state index is 9.62. The molecule has 1 aromatic carbocycles. The van der Waals surface area contributed by atoms with E-state index >= 15 is 0 Å². The third-order valence-corrected chi connectivity index (χ3v) is 5.36. The molecule has 2 atom stereocenters. The summed E-state index contributed by atoms with van der Waals surface area (Å²) in [5, 5.41) is 22.5. The van der Waals surface area contributed by atoms with Gasteiger partial charge in [0.05, 0.1) is 18.3 Å². The first-order valence-corrected chi connectivity index (χ1v) is 9.72. The summed E-state index contributed by atoms with van der Waals surface area (Å²) in [4.78, 5) is 13.5. The summed E-state index contributed by atoms with van der Waals surface area (Å²) in [5.74, 6) is 0.842. The molecular formula is C21H21N7O. The van der Waals surface area contributed by atoms with Crippen LogP contribution in [0.25, 0.3) is 22.2 Å². The Morgan fingerprint density at radius 3 is 3.00 bits per heavy atom. The van der Waals surface area contributed by atoms with Crippen LogP contribution in [0.2, 0.25) is 0 Å². The highest BCUT2D eigenvalue weighted by Gasteiger charge is 2.22. The molecule has 0 radical (unpaired) electrons. The number of nitrogens with zero attached hydrogens (tertiary/aromatic N) is 6. The van der Waals surface area contributed by atoms with Gasteiger partial charge >= 0.3 is 0 Å². The largest absolute Gasteiger partial charge is 0.396 e. The highest BCUT2D eigenvalue weighted by molar-refractivity contribution is 5.79. The van der Waals surface area contributed by atoms with Gasteiger partial charge in [-0.1, -0.05) is 29.5 Å². The molecule has 1 aliphatic rings. The Morgan fingerprint density at radius 1 is 1.14 bits per heavy atom. The number of hydrogen-bond acceptors (Lipinski definition) is 7. The molecule has 29 heavy (non-hydrogen) atoms. The van der Waals surface area contributed by atoms with Gasteiger partial charge in [0.2, 0.25) is 5.65 Å². The summed E-state index contributed by atoms with van der Waals surface area (Å²) in [6.45, 7) is 0.693. The molecule has 0 spiro atoms. The number of fused-ring (bicyclic) bond motifs is 2. The minimum Gasteiger partial charge on any atom is -0.396 e. The summed E-state index contributed by atoms with van der Waals surface area (Å²) in [6, 6.07) is 10.3. The van der Waals surface area contributed by atoms with E-state index in [1.165, 1.54) is 0 Å². The Morgan fingerprint density at radius 2 is 2.07 bits per heavy atom. The van der Waals surface area contributed by atoms with Gasteiger partial charge in [-0.25, -0.2) is 14.6 Å². The van der Waals surface area contributed by atoms with Gasteiger partial charge in [0.25, 0.3) is 0 Å². The van der Waals surface area contributed by atoms with Crippen molar-refractivity contribution in [2.45, 2.75) is 25.4 Å². The minimum absolute atomic E-state index is 0.133. The van der Waals surface area contributed by atoms with Crippen LogP contribution >= 0.6 is 0 Å². The van der Waals surface area contributed by atoms with Crippen LogP contribution in [0.3, 0.4) is 0 Å². The standard InChI is InChI=1S/C21H21N7O/c29-13-16-4-1-2-6-18(16)24-19-11-23-20-21(25-19)28(27-26-20)12-14-7-8-17-15(10-14)5-3-9-22-17/h1-3,5,7-11,16,18,29H,4,6,12-13H2,(H,24,25)/t16-,18-/m1/s1. The van der Waals surface area contributed by atoms with Crippen LogP contribution in [0.4, 0.5) is 5.82 Å². The number of aliphatic hydroxyl groups is 1. The average Bonchev–Trinajstić information content (AvgIpc) is 3.16. The van der Waals surface area contributed by atoms with Crippen molar-refractivity contribution < 1.29 is 5.11 Å². The maximum atomic E-state index is 9.62. The zero-order chi connectivity index (χ0) is 19.6. The van der Waals surface area contributed by atoms with E-state index in [4.69, 9.17) is 4.98 Å².